The summed E-state index contributed by atoms with van der Waals surface area (Å²) in [5.74, 6) is 0. The van der Waals surface area contributed by atoms with Crippen molar-refractivity contribution in [3.63, 3.8) is 0 Å². The van der Waals surface area contributed by atoms with Gasteiger partial charge in [-0.3, -0.25) is 0 Å². The molecule has 0 bridgehead atoms. The van der Waals surface area contributed by atoms with Crippen LogP contribution >= 0.6 is 0 Å². The van der Waals surface area contributed by atoms with Gasteiger partial charge in [-0.25, -0.2) is 4.98 Å². The highest BCUT2D eigenvalue weighted by Crippen LogP contribution is 2.41. The summed E-state index contributed by atoms with van der Waals surface area (Å²) in [6.07, 6.45) is 0. The maximum Gasteiger partial charge on any atom is 0.495 e. The topological polar surface area (TPSA) is 36.3 Å². The molecule has 0 aliphatic carbocycles. The summed E-state index contributed by atoms with van der Waals surface area (Å²) >= 11 is 0. The van der Waals surface area contributed by atoms with Crippen molar-refractivity contribution < 1.29 is 9.31 Å². The molecule has 42 heavy (non-hydrogen) atoms. The number of para-hydroxylation sites is 2. The summed E-state index contributed by atoms with van der Waals surface area (Å²) in [6.45, 7) is 8.44. The van der Waals surface area contributed by atoms with Crippen molar-refractivity contribution in [2.75, 3.05) is 0 Å². The second-order valence-electron chi connectivity index (χ2n) is 12.3. The zero-order chi connectivity index (χ0) is 28.6. The predicted octanol–water partition coefficient (Wildman–Crippen LogP) is 8.45. The summed E-state index contributed by atoms with van der Waals surface area (Å²) < 4.78 is 15.6. The largest absolute Gasteiger partial charge is 0.495 e. The molecule has 204 valence electrons. The number of pyridine rings is 1. The number of hydrogen-bond acceptors (Lipinski definition) is 3. The zero-order valence-corrected chi connectivity index (χ0v) is 24.3. The van der Waals surface area contributed by atoms with Crippen LogP contribution in [0.25, 0.3) is 60.4 Å². The fraction of sp³-hybridized carbons (Fsp3) is 0.162. The Kier molecular flexibility index (Phi) is 5.43. The van der Waals surface area contributed by atoms with Crippen molar-refractivity contribution in [1.29, 1.82) is 0 Å². The molecule has 1 saturated heterocycles. The quantitative estimate of drug-likeness (QED) is 0.165. The lowest BCUT2D eigenvalue weighted by molar-refractivity contribution is 0.00578. The first-order valence-electron chi connectivity index (χ1n) is 14.6. The van der Waals surface area contributed by atoms with Crippen molar-refractivity contribution in [3.05, 3.63) is 115 Å². The van der Waals surface area contributed by atoms with E-state index in [9.17, 15) is 0 Å². The average Bonchev–Trinajstić information content (AvgIpc) is 3.45. The van der Waals surface area contributed by atoms with Crippen LogP contribution in [0, 0.1) is 0 Å². The SMILES string of the molecule is CC1(C)OB(c2cccc3c2c2cc4c(cc2n3-c2ccccc2)c(-c2ccccc2)nc2ccccc24)OC1(C)C. The smallest absolute Gasteiger partial charge is 0.399 e. The zero-order valence-electron chi connectivity index (χ0n) is 24.3. The van der Waals surface area contributed by atoms with Gasteiger partial charge in [0, 0.05) is 32.8 Å². The maximum atomic E-state index is 6.62. The molecule has 1 aliphatic rings. The van der Waals surface area contributed by atoms with Crippen molar-refractivity contribution in [1.82, 2.24) is 9.55 Å². The summed E-state index contributed by atoms with van der Waals surface area (Å²) in [7, 11) is -0.474. The van der Waals surface area contributed by atoms with E-state index < -0.39 is 18.3 Å². The number of aromatic nitrogens is 2. The van der Waals surface area contributed by atoms with Gasteiger partial charge in [0.05, 0.1) is 33.4 Å². The lowest BCUT2D eigenvalue weighted by Gasteiger charge is -2.32. The van der Waals surface area contributed by atoms with Gasteiger partial charge in [-0.2, -0.15) is 0 Å². The van der Waals surface area contributed by atoms with Crippen LogP contribution in [0.1, 0.15) is 27.7 Å². The predicted molar refractivity (Wildman–Crippen MR) is 175 cm³/mol. The van der Waals surface area contributed by atoms with Gasteiger partial charge < -0.3 is 13.9 Å². The first-order valence-corrected chi connectivity index (χ1v) is 14.6. The van der Waals surface area contributed by atoms with Crippen LogP contribution in [0.4, 0.5) is 0 Å². The highest BCUT2D eigenvalue weighted by molar-refractivity contribution is 6.66. The minimum absolute atomic E-state index is 0.434. The molecule has 1 aliphatic heterocycles. The molecule has 0 saturated carbocycles. The Labute approximate surface area is 245 Å². The van der Waals surface area contributed by atoms with Crippen LogP contribution in [0.2, 0.25) is 0 Å². The van der Waals surface area contributed by atoms with E-state index in [1.165, 1.54) is 10.8 Å². The van der Waals surface area contributed by atoms with E-state index >= 15 is 0 Å². The summed E-state index contributed by atoms with van der Waals surface area (Å²) in [5.41, 5.74) is 6.62. The Hall–Kier alpha value is -4.45. The van der Waals surface area contributed by atoms with Crippen LogP contribution in [0.5, 0.6) is 0 Å². The minimum Gasteiger partial charge on any atom is -0.399 e. The molecule has 0 amide bonds. The molecular formula is C37H31BN2O2. The molecule has 0 unspecified atom stereocenters. The number of hydrogen-bond donors (Lipinski definition) is 0. The van der Waals surface area contributed by atoms with Crippen molar-refractivity contribution in [3.8, 4) is 16.9 Å². The van der Waals surface area contributed by atoms with Crippen LogP contribution in [-0.2, 0) is 9.31 Å². The highest BCUT2D eigenvalue weighted by atomic mass is 16.7. The molecule has 5 heteroatoms. The Morgan fingerprint density at radius 2 is 1.26 bits per heavy atom. The normalized spacial score (nSPS) is 16.2. The average molecular weight is 546 g/mol. The lowest BCUT2D eigenvalue weighted by atomic mass is 9.76. The fourth-order valence-corrected chi connectivity index (χ4v) is 6.38. The molecule has 7 aromatic rings. The minimum atomic E-state index is -0.474. The third kappa shape index (κ3) is 3.67. The van der Waals surface area contributed by atoms with Gasteiger partial charge in [0.15, 0.2) is 0 Å². The fourth-order valence-electron chi connectivity index (χ4n) is 6.38. The van der Waals surface area contributed by atoms with Crippen molar-refractivity contribution in [2.24, 2.45) is 0 Å². The standard InChI is InChI=1S/C37H31BN2O2/c1-36(2)37(3,4)42-38(41-36)30-19-13-21-32-34(30)29-22-27-26-18-11-12-20-31(26)39-35(24-14-7-5-8-15-24)28(27)23-33(29)40(32)25-16-9-6-10-17-25/h5-23H,1-4H3. The van der Waals surface area contributed by atoms with Crippen molar-refractivity contribution in [2.45, 2.75) is 38.9 Å². The van der Waals surface area contributed by atoms with Gasteiger partial charge in [-0.05, 0) is 74.9 Å². The third-order valence-corrected chi connectivity index (χ3v) is 9.21. The van der Waals surface area contributed by atoms with Gasteiger partial charge in [-0.15, -0.1) is 0 Å². The summed E-state index contributed by atoms with van der Waals surface area (Å²) in [5, 5.41) is 5.77. The highest BCUT2D eigenvalue weighted by Gasteiger charge is 2.52. The molecule has 8 rings (SSSR count). The van der Waals surface area contributed by atoms with E-state index in [1.54, 1.807) is 0 Å². The summed E-state index contributed by atoms with van der Waals surface area (Å²) in [4.78, 5) is 5.20. The molecule has 5 aromatic carbocycles. The molecule has 0 radical (unpaired) electrons. The van der Waals surface area contributed by atoms with Gasteiger partial charge in [0.25, 0.3) is 0 Å². The monoisotopic (exact) mass is 546 g/mol. The molecule has 0 N–H and O–H groups in total. The maximum absolute atomic E-state index is 6.62. The first kappa shape index (κ1) is 25.3. The Bertz CT molecular complexity index is 2130. The van der Waals surface area contributed by atoms with Crippen LogP contribution < -0.4 is 5.46 Å². The van der Waals surface area contributed by atoms with E-state index in [-0.39, 0.29) is 0 Å². The second-order valence-corrected chi connectivity index (χ2v) is 12.3. The van der Waals surface area contributed by atoms with E-state index in [0.717, 1.165) is 55.1 Å². The third-order valence-electron chi connectivity index (χ3n) is 9.21. The van der Waals surface area contributed by atoms with Crippen LogP contribution in [0.3, 0.4) is 0 Å². The van der Waals surface area contributed by atoms with E-state index in [4.69, 9.17) is 14.3 Å². The number of benzene rings is 5. The number of nitrogens with zero attached hydrogens (tertiary/aromatic N) is 2. The van der Waals surface area contributed by atoms with Gasteiger partial charge in [-0.1, -0.05) is 78.9 Å². The molecule has 3 heterocycles. The van der Waals surface area contributed by atoms with E-state index in [2.05, 4.69) is 148 Å². The molecular weight excluding hydrogens is 515 g/mol. The van der Waals surface area contributed by atoms with Crippen LogP contribution in [0.15, 0.2) is 115 Å². The van der Waals surface area contributed by atoms with Crippen LogP contribution in [-0.4, -0.2) is 27.9 Å². The molecule has 0 spiro atoms. The van der Waals surface area contributed by atoms with Gasteiger partial charge in [0.1, 0.15) is 0 Å². The van der Waals surface area contributed by atoms with E-state index in [1.807, 2.05) is 0 Å². The van der Waals surface area contributed by atoms with Crippen molar-refractivity contribution >= 4 is 56.1 Å². The summed E-state index contributed by atoms with van der Waals surface area (Å²) in [6, 6.07) is 40.7. The van der Waals surface area contributed by atoms with Gasteiger partial charge in [0.2, 0.25) is 0 Å². The van der Waals surface area contributed by atoms with Gasteiger partial charge >= 0.3 is 7.12 Å². The van der Waals surface area contributed by atoms with E-state index in [0.29, 0.717) is 0 Å². The Morgan fingerprint density at radius 1 is 0.595 bits per heavy atom. The first-order chi connectivity index (χ1) is 20.3. The Balaban J connectivity index is 1.53. The number of fused-ring (bicyclic) bond motifs is 6. The number of rotatable bonds is 3. The molecule has 4 nitrogen and oxygen atoms in total. The molecule has 2 aromatic heterocycles. The Morgan fingerprint density at radius 3 is 2.00 bits per heavy atom. The second kappa shape index (κ2) is 9.03. The molecule has 1 fully saturated rings. The molecule has 0 atom stereocenters. The lowest BCUT2D eigenvalue weighted by Crippen LogP contribution is -2.41.